The highest BCUT2D eigenvalue weighted by Crippen LogP contribution is 2.27. The Morgan fingerprint density at radius 3 is 2.89 bits per heavy atom. The second-order valence-electron chi connectivity index (χ2n) is 5.00. The molecule has 2 aliphatic heterocycles. The van der Waals surface area contributed by atoms with Gasteiger partial charge in [-0.1, -0.05) is 18.7 Å². The van der Waals surface area contributed by atoms with Crippen molar-refractivity contribution in [1.82, 2.24) is 10.2 Å². The summed E-state index contributed by atoms with van der Waals surface area (Å²) in [7, 11) is 2.59. The first-order valence-electron chi connectivity index (χ1n) is 6.24. The highest BCUT2D eigenvalue weighted by Gasteiger charge is 2.37. The number of piperidine rings is 1. The van der Waals surface area contributed by atoms with Crippen LogP contribution < -0.4 is 10.6 Å². The van der Waals surface area contributed by atoms with E-state index in [1.807, 2.05) is 18.2 Å². The van der Waals surface area contributed by atoms with Gasteiger partial charge in [0.15, 0.2) is 0 Å². The molecule has 4 nitrogen and oxygen atoms in total. The number of hydrogen-bond acceptors (Lipinski definition) is 2. The Hall–Kier alpha value is -1.67. The standard InChI is InChI=1S/C14H15N2O2P/c1-8-2-5-12(13(17)15-8)16-7-9-3-4-10(19)6-11(9)14(16)18/h3-4,6,12H,1-2,5,7,19H2,(H,15,17). The van der Waals surface area contributed by atoms with Crippen LogP contribution in [-0.2, 0) is 11.3 Å². The fraction of sp³-hybridized carbons (Fsp3) is 0.286. The molecule has 1 aromatic rings. The number of carbonyl (C=O) groups excluding carboxylic acids is 2. The maximum atomic E-state index is 12.4. The molecule has 0 radical (unpaired) electrons. The van der Waals surface area contributed by atoms with E-state index in [4.69, 9.17) is 0 Å². The maximum absolute atomic E-state index is 12.4. The van der Waals surface area contributed by atoms with Crippen LogP contribution >= 0.6 is 9.24 Å². The number of allylic oxidation sites excluding steroid dienone is 1. The van der Waals surface area contributed by atoms with E-state index < -0.39 is 0 Å². The van der Waals surface area contributed by atoms with Gasteiger partial charge in [-0.3, -0.25) is 9.59 Å². The summed E-state index contributed by atoms with van der Waals surface area (Å²) in [4.78, 5) is 26.0. The summed E-state index contributed by atoms with van der Waals surface area (Å²) in [6.45, 7) is 4.28. The molecule has 2 aliphatic rings. The lowest BCUT2D eigenvalue weighted by Gasteiger charge is -2.30. The van der Waals surface area contributed by atoms with Crippen LogP contribution in [0.2, 0.25) is 0 Å². The summed E-state index contributed by atoms with van der Waals surface area (Å²) in [5.41, 5.74) is 2.44. The number of amides is 2. The Morgan fingerprint density at radius 2 is 2.16 bits per heavy atom. The molecule has 19 heavy (non-hydrogen) atoms. The normalized spacial score (nSPS) is 22.5. The topological polar surface area (TPSA) is 49.4 Å². The molecule has 2 unspecified atom stereocenters. The lowest BCUT2D eigenvalue weighted by atomic mass is 10.0. The van der Waals surface area contributed by atoms with Crippen molar-refractivity contribution in [3.05, 3.63) is 41.6 Å². The average Bonchev–Trinajstić information content (AvgIpc) is 2.67. The van der Waals surface area contributed by atoms with Crippen molar-refractivity contribution >= 4 is 26.4 Å². The summed E-state index contributed by atoms with van der Waals surface area (Å²) in [5.74, 6) is -0.171. The van der Waals surface area contributed by atoms with Crippen LogP contribution in [0.5, 0.6) is 0 Å². The van der Waals surface area contributed by atoms with E-state index >= 15 is 0 Å². The predicted octanol–water partition coefficient (Wildman–Crippen LogP) is 0.935. The quantitative estimate of drug-likeness (QED) is 0.775. The highest BCUT2D eigenvalue weighted by molar-refractivity contribution is 7.27. The third-order valence-electron chi connectivity index (χ3n) is 3.66. The van der Waals surface area contributed by atoms with Crippen molar-refractivity contribution in [3.63, 3.8) is 0 Å². The first-order chi connectivity index (χ1) is 9.06. The third-order valence-corrected chi connectivity index (χ3v) is 4.02. The van der Waals surface area contributed by atoms with E-state index in [9.17, 15) is 9.59 Å². The van der Waals surface area contributed by atoms with Crippen LogP contribution in [-0.4, -0.2) is 22.8 Å². The number of carbonyl (C=O) groups is 2. The van der Waals surface area contributed by atoms with Crippen LogP contribution in [0.25, 0.3) is 0 Å². The van der Waals surface area contributed by atoms with Gasteiger partial charge in [0.25, 0.3) is 5.91 Å². The van der Waals surface area contributed by atoms with E-state index in [0.717, 1.165) is 23.0 Å². The highest BCUT2D eigenvalue weighted by atomic mass is 31.0. The zero-order valence-electron chi connectivity index (χ0n) is 10.5. The molecule has 1 saturated heterocycles. The van der Waals surface area contributed by atoms with Crippen LogP contribution in [0.15, 0.2) is 30.5 Å². The van der Waals surface area contributed by atoms with Gasteiger partial charge in [-0.05, 0) is 29.8 Å². The van der Waals surface area contributed by atoms with Gasteiger partial charge in [0, 0.05) is 17.8 Å². The van der Waals surface area contributed by atoms with E-state index in [2.05, 4.69) is 21.1 Å². The molecule has 0 saturated carbocycles. The molecule has 2 atom stereocenters. The van der Waals surface area contributed by atoms with Crippen LogP contribution in [0.1, 0.15) is 28.8 Å². The van der Waals surface area contributed by atoms with Gasteiger partial charge in [-0.2, -0.15) is 0 Å². The van der Waals surface area contributed by atoms with Crippen LogP contribution in [0, 0.1) is 0 Å². The zero-order chi connectivity index (χ0) is 13.6. The van der Waals surface area contributed by atoms with Gasteiger partial charge in [-0.15, -0.1) is 9.24 Å². The number of nitrogens with zero attached hydrogens (tertiary/aromatic N) is 1. The number of rotatable bonds is 1. The second-order valence-corrected chi connectivity index (χ2v) is 5.66. The minimum Gasteiger partial charge on any atom is -0.329 e. The smallest absolute Gasteiger partial charge is 0.255 e. The third kappa shape index (κ3) is 2.06. The first-order valence-corrected chi connectivity index (χ1v) is 6.82. The number of benzene rings is 1. The van der Waals surface area contributed by atoms with Gasteiger partial charge in [-0.25, -0.2) is 0 Å². The number of hydrogen-bond donors (Lipinski definition) is 1. The van der Waals surface area contributed by atoms with Crippen molar-refractivity contribution in [2.75, 3.05) is 0 Å². The molecule has 3 rings (SSSR count). The van der Waals surface area contributed by atoms with Gasteiger partial charge < -0.3 is 10.2 Å². The van der Waals surface area contributed by atoms with Crippen molar-refractivity contribution in [1.29, 1.82) is 0 Å². The van der Waals surface area contributed by atoms with E-state index in [-0.39, 0.29) is 17.9 Å². The maximum Gasteiger partial charge on any atom is 0.255 e. The van der Waals surface area contributed by atoms with Crippen molar-refractivity contribution in [2.24, 2.45) is 0 Å². The molecule has 2 heterocycles. The molecule has 0 spiro atoms. The SMILES string of the molecule is C=C1CCC(N2Cc3ccc(P)cc3C2=O)C(=O)N1. The monoisotopic (exact) mass is 274 g/mol. The molecule has 5 heteroatoms. The second kappa shape index (κ2) is 4.46. The molecule has 0 bridgehead atoms. The fourth-order valence-corrected chi connectivity index (χ4v) is 2.92. The zero-order valence-corrected chi connectivity index (χ0v) is 11.6. The molecule has 2 amide bonds. The molecule has 1 N–H and O–H groups in total. The Kier molecular flexibility index (Phi) is 2.90. The van der Waals surface area contributed by atoms with Gasteiger partial charge in [0.05, 0.1) is 0 Å². The van der Waals surface area contributed by atoms with Crippen LogP contribution in [0.3, 0.4) is 0 Å². The Labute approximate surface area is 114 Å². The largest absolute Gasteiger partial charge is 0.329 e. The van der Waals surface area contributed by atoms with Gasteiger partial charge in [0.1, 0.15) is 6.04 Å². The molecular weight excluding hydrogens is 259 g/mol. The summed E-state index contributed by atoms with van der Waals surface area (Å²) in [6.07, 6.45) is 1.38. The van der Waals surface area contributed by atoms with E-state index in [1.54, 1.807) is 4.90 Å². The lowest BCUT2D eigenvalue weighted by molar-refractivity contribution is -0.126. The summed E-state index contributed by atoms with van der Waals surface area (Å²) in [6, 6.07) is 5.40. The minimum absolute atomic E-state index is 0.0491. The van der Waals surface area contributed by atoms with E-state index in [1.165, 1.54) is 0 Å². The van der Waals surface area contributed by atoms with Gasteiger partial charge >= 0.3 is 0 Å². The average molecular weight is 274 g/mol. The molecule has 1 fully saturated rings. The van der Waals surface area contributed by atoms with Crippen molar-refractivity contribution in [3.8, 4) is 0 Å². The predicted molar refractivity (Wildman–Crippen MR) is 76.0 cm³/mol. The lowest BCUT2D eigenvalue weighted by Crippen LogP contribution is -2.49. The summed E-state index contributed by atoms with van der Waals surface area (Å²) in [5, 5.41) is 3.72. The fourth-order valence-electron chi connectivity index (χ4n) is 2.65. The molecule has 98 valence electrons. The van der Waals surface area contributed by atoms with Crippen LogP contribution in [0.4, 0.5) is 0 Å². The molecular formula is C14H15N2O2P. The van der Waals surface area contributed by atoms with Gasteiger partial charge in [0.2, 0.25) is 5.91 Å². The summed E-state index contributed by atoms with van der Waals surface area (Å²) < 4.78 is 0. The molecule has 0 aliphatic carbocycles. The minimum atomic E-state index is -0.377. The number of fused-ring (bicyclic) bond motifs is 1. The molecule has 0 aromatic heterocycles. The Bertz CT molecular complexity index is 597. The summed E-state index contributed by atoms with van der Waals surface area (Å²) >= 11 is 0. The van der Waals surface area contributed by atoms with Crippen molar-refractivity contribution in [2.45, 2.75) is 25.4 Å². The molecule has 1 aromatic carbocycles. The first kappa shape index (κ1) is 12.4. The Balaban J connectivity index is 1.88. The van der Waals surface area contributed by atoms with E-state index in [0.29, 0.717) is 18.5 Å². The van der Waals surface area contributed by atoms with Crippen molar-refractivity contribution < 1.29 is 9.59 Å². The number of nitrogens with one attached hydrogen (secondary N) is 1. The Morgan fingerprint density at radius 1 is 1.37 bits per heavy atom.